The van der Waals surface area contributed by atoms with Crippen LogP contribution in [0.15, 0.2) is 54.1 Å². The van der Waals surface area contributed by atoms with Crippen LogP contribution < -0.4 is 4.74 Å². The lowest BCUT2D eigenvalue weighted by molar-refractivity contribution is -0.140. The average molecular weight is 440 g/mol. The van der Waals surface area contributed by atoms with Gasteiger partial charge in [0.15, 0.2) is 11.6 Å². The molecular formula is C24H25FN2O5. The predicted molar refractivity (Wildman–Crippen MR) is 116 cm³/mol. The minimum atomic E-state index is -0.783. The number of ether oxygens (including phenoxy) is 2. The van der Waals surface area contributed by atoms with Crippen LogP contribution in [-0.2, 0) is 14.3 Å². The minimum absolute atomic E-state index is 0.0205. The molecular weight excluding hydrogens is 415 g/mol. The van der Waals surface area contributed by atoms with Crippen molar-refractivity contribution in [1.82, 2.24) is 9.80 Å². The van der Waals surface area contributed by atoms with Crippen molar-refractivity contribution in [1.29, 1.82) is 0 Å². The zero-order chi connectivity index (χ0) is 22.7. The second-order valence-corrected chi connectivity index (χ2v) is 7.71. The Morgan fingerprint density at radius 2 is 1.84 bits per heavy atom. The summed E-state index contributed by atoms with van der Waals surface area (Å²) in [5, 5.41) is 11.0. The van der Waals surface area contributed by atoms with Crippen LogP contribution in [0, 0.1) is 5.82 Å². The number of nitrogens with zero attached hydrogens (tertiary/aromatic N) is 2. The molecule has 4 rings (SSSR count). The van der Waals surface area contributed by atoms with E-state index in [1.807, 2.05) is 18.2 Å². The largest absolute Gasteiger partial charge is 0.507 e. The quantitative estimate of drug-likeness (QED) is 0.423. The van der Waals surface area contributed by atoms with E-state index in [2.05, 4.69) is 4.90 Å². The molecule has 168 valence electrons. The van der Waals surface area contributed by atoms with Crippen LogP contribution in [0.2, 0.25) is 0 Å². The Morgan fingerprint density at radius 1 is 1.12 bits per heavy atom. The maximum atomic E-state index is 14.3. The number of aliphatic hydroxyl groups excluding tert-OH is 1. The Hall–Kier alpha value is -3.23. The van der Waals surface area contributed by atoms with Gasteiger partial charge in [0.05, 0.1) is 31.9 Å². The van der Waals surface area contributed by atoms with E-state index in [-0.39, 0.29) is 16.9 Å². The van der Waals surface area contributed by atoms with Gasteiger partial charge in [0.25, 0.3) is 11.7 Å². The van der Waals surface area contributed by atoms with Crippen LogP contribution in [0.25, 0.3) is 5.76 Å². The summed E-state index contributed by atoms with van der Waals surface area (Å²) in [6, 6.07) is 12.2. The number of likely N-dealkylation sites (tertiary alicyclic amines) is 1. The van der Waals surface area contributed by atoms with Gasteiger partial charge in [-0.25, -0.2) is 4.39 Å². The Kier molecular flexibility index (Phi) is 6.53. The smallest absolute Gasteiger partial charge is 0.295 e. The van der Waals surface area contributed by atoms with E-state index in [0.717, 1.165) is 19.2 Å². The number of Topliss-reactive ketones (excluding diaryl/α,β-unsaturated/α-hetero) is 1. The van der Waals surface area contributed by atoms with Gasteiger partial charge in [-0.3, -0.25) is 14.5 Å². The lowest BCUT2D eigenvalue weighted by Gasteiger charge is -2.31. The fraction of sp³-hybridized carbons (Fsp3) is 0.333. The molecule has 1 atom stereocenters. The number of benzene rings is 2. The van der Waals surface area contributed by atoms with Gasteiger partial charge in [0.1, 0.15) is 5.76 Å². The number of carbonyl (C=O) groups excluding carboxylic acids is 2. The number of aliphatic hydroxyl groups is 1. The Morgan fingerprint density at radius 3 is 2.50 bits per heavy atom. The highest BCUT2D eigenvalue weighted by Gasteiger charge is 2.46. The zero-order valence-corrected chi connectivity index (χ0v) is 17.8. The molecule has 2 aliphatic rings. The topological polar surface area (TPSA) is 79.3 Å². The molecule has 0 bridgehead atoms. The normalized spacial score (nSPS) is 21.2. The second-order valence-electron chi connectivity index (χ2n) is 7.71. The average Bonchev–Trinajstić information content (AvgIpc) is 3.08. The summed E-state index contributed by atoms with van der Waals surface area (Å²) in [5.74, 6) is -2.52. The first-order valence-corrected chi connectivity index (χ1v) is 10.5. The molecule has 1 amide bonds. The molecule has 0 unspecified atom stereocenters. The molecule has 0 aromatic heterocycles. The van der Waals surface area contributed by atoms with Gasteiger partial charge in [0.2, 0.25) is 0 Å². The van der Waals surface area contributed by atoms with Crippen molar-refractivity contribution in [3.05, 3.63) is 71.0 Å². The van der Waals surface area contributed by atoms with E-state index in [1.54, 1.807) is 12.1 Å². The Labute approximate surface area is 185 Å². The van der Waals surface area contributed by atoms with E-state index < -0.39 is 29.3 Å². The third-order valence-electron chi connectivity index (χ3n) is 5.84. The first-order chi connectivity index (χ1) is 15.5. The number of carbonyl (C=O) groups is 2. The predicted octanol–water partition coefficient (Wildman–Crippen LogP) is 2.59. The maximum Gasteiger partial charge on any atom is 0.295 e. The molecule has 0 saturated carbocycles. The van der Waals surface area contributed by atoms with Crippen molar-refractivity contribution in [3.8, 4) is 5.75 Å². The second kappa shape index (κ2) is 9.50. The highest BCUT2D eigenvalue weighted by atomic mass is 19.1. The monoisotopic (exact) mass is 440 g/mol. The fourth-order valence-corrected chi connectivity index (χ4v) is 4.14. The molecule has 2 aromatic carbocycles. The summed E-state index contributed by atoms with van der Waals surface area (Å²) in [6.07, 6.45) is 0. The van der Waals surface area contributed by atoms with Crippen LogP contribution >= 0.6 is 0 Å². The number of hydrogen-bond acceptors (Lipinski definition) is 6. The van der Waals surface area contributed by atoms with Gasteiger partial charge in [0, 0.05) is 31.7 Å². The third kappa shape index (κ3) is 4.24. The fourth-order valence-electron chi connectivity index (χ4n) is 4.14. The summed E-state index contributed by atoms with van der Waals surface area (Å²) < 4.78 is 24.6. The maximum absolute atomic E-state index is 14.3. The van der Waals surface area contributed by atoms with E-state index >= 15 is 0 Å². The van der Waals surface area contributed by atoms with Crippen LogP contribution in [0.5, 0.6) is 5.75 Å². The van der Waals surface area contributed by atoms with E-state index in [9.17, 15) is 19.1 Å². The van der Waals surface area contributed by atoms with Gasteiger partial charge < -0.3 is 19.5 Å². The summed E-state index contributed by atoms with van der Waals surface area (Å²) >= 11 is 0. The Bertz CT molecular complexity index is 1030. The molecule has 0 spiro atoms. The van der Waals surface area contributed by atoms with Gasteiger partial charge in [-0.15, -0.1) is 0 Å². The highest BCUT2D eigenvalue weighted by Crippen LogP contribution is 2.39. The molecule has 2 heterocycles. The van der Waals surface area contributed by atoms with Crippen LogP contribution in [-0.4, -0.2) is 73.1 Å². The van der Waals surface area contributed by atoms with Crippen molar-refractivity contribution in [2.24, 2.45) is 0 Å². The van der Waals surface area contributed by atoms with Gasteiger partial charge in [-0.2, -0.15) is 0 Å². The minimum Gasteiger partial charge on any atom is -0.507 e. The zero-order valence-electron chi connectivity index (χ0n) is 17.8. The number of ketones is 1. The van der Waals surface area contributed by atoms with Crippen molar-refractivity contribution in [3.63, 3.8) is 0 Å². The van der Waals surface area contributed by atoms with E-state index in [4.69, 9.17) is 9.47 Å². The first-order valence-electron chi connectivity index (χ1n) is 10.5. The molecule has 2 fully saturated rings. The number of halogens is 1. The molecule has 2 aliphatic heterocycles. The standard InChI is InChI=1S/C24H25FN2O5/c1-31-19-8-7-17(15-18(19)25)22(28)20-21(16-5-3-2-4-6-16)27(24(30)23(20)29)10-9-26-11-13-32-14-12-26/h2-8,15,21,28H,9-14H2,1H3/b22-20+/t21-/m0/s1. The van der Waals surface area contributed by atoms with E-state index in [1.165, 1.54) is 24.1 Å². The summed E-state index contributed by atoms with van der Waals surface area (Å²) in [5.41, 5.74) is 0.757. The lowest BCUT2D eigenvalue weighted by Crippen LogP contribution is -2.42. The molecule has 7 nitrogen and oxygen atoms in total. The van der Waals surface area contributed by atoms with Crippen LogP contribution in [0.3, 0.4) is 0 Å². The summed E-state index contributed by atoms with van der Waals surface area (Å²) in [4.78, 5) is 29.6. The molecule has 1 N–H and O–H groups in total. The highest BCUT2D eigenvalue weighted by molar-refractivity contribution is 6.46. The van der Waals surface area contributed by atoms with Crippen LogP contribution in [0.4, 0.5) is 4.39 Å². The molecule has 0 radical (unpaired) electrons. The van der Waals surface area contributed by atoms with Crippen molar-refractivity contribution >= 4 is 17.4 Å². The number of hydrogen-bond donors (Lipinski definition) is 1. The molecule has 0 aliphatic carbocycles. The van der Waals surface area contributed by atoms with Crippen molar-refractivity contribution in [2.45, 2.75) is 6.04 Å². The first kappa shape index (κ1) is 22.0. The van der Waals surface area contributed by atoms with Crippen molar-refractivity contribution < 1.29 is 28.6 Å². The van der Waals surface area contributed by atoms with Gasteiger partial charge >= 0.3 is 0 Å². The molecule has 2 saturated heterocycles. The van der Waals surface area contributed by atoms with E-state index in [0.29, 0.717) is 31.9 Å². The van der Waals surface area contributed by atoms with Crippen molar-refractivity contribution in [2.75, 3.05) is 46.5 Å². The van der Waals surface area contributed by atoms with Crippen LogP contribution in [0.1, 0.15) is 17.2 Å². The number of amides is 1. The Balaban J connectivity index is 1.72. The number of morpholine rings is 1. The lowest BCUT2D eigenvalue weighted by atomic mass is 9.95. The molecule has 2 aromatic rings. The summed E-state index contributed by atoms with van der Waals surface area (Å²) in [7, 11) is 1.34. The number of rotatable bonds is 6. The summed E-state index contributed by atoms with van der Waals surface area (Å²) in [6.45, 7) is 3.67. The van der Waals surface area contributed by atoms with Gasteiger partial charge in [-0.1, -0.05) is 30.3 Å². The molecule has 8 heteroatoms. The van der Waals surface area contributed by atoms with Gasteiger partial charge in [-0.05, 0) is 23.8 Å². The SMILES string of the molecule is COc1ccc(/C(O)=C2\C(=O)C(=O)N(CCN3CCOCC3)[C@H]2c2ccccc2)cc1F. The number of methoxy groups -OCH3 is 1. The third-order valence-corrected chi connectivity index (χ3v) is 5.84. The molecule has 32 heavy (non-hydrogen) atoms.